The molecule has 182 valence electrons. The third kappa shape index (κ3) is 5.58. The number of hydrogen-bond acceptors (Lipinski definition) is 5. The van der Waals surface area contributed by atoms with Crippen LogP contribution in [-0.4, -0.2) is 32.8 Å². The van der Waals surface area contributed by atoms with Crippen molar-refractivity contribution in [2.75, 3.05) is 0 Å². The first-order valence-corrected chi connectivity index (χ1v) is 11.6. The summed E-state index contributed by atoms with van der Waals surface area (Å²) in [5.74, 6) is 0. The highest BCUT2D eigenvalue weighted by atomic mass is 16.6. The minimum atomic E-state index is -0.912. The molecule has 1 aromatic heterocycles. The Morgan fingerprint density at radius 2 is 1.38 bits per heavy atom. The Labute approximate surface area is 200 Å². The number of benzene rings is 2. The second-order valence-corrected chi connectivity index (χ2v) is 10.4. The zero-order valence-corrected chi connectivity index (χ0v) is 21.1. The van der Waals surface area contributed by atoms with Gasteiger partial charge in [0.05, 0.1) is 5.69 Å². The van der Waals surface area contributed by atoms with E-state index in [9.17, 15) is 14.4 Å². The molecule has 0 bridgehead atoms. The van der Waals surface area contributed by atoms with Gasteiger partial charge in [-0.15, -0.1) is 4.68 Å². The summed E-state index contributed by atoms with van der Waals surface area (Å²) >= 11 is 0. The minimum absolute atomic E-state index is 0.279. The van der Waals surface area contributed by atoms with Crippen LogP contribution in [0.25, 0.3) is 10.8 Å². The van der Waals surface area contributed by atoms with Gasteiger partial charge >= 0.3 is 12.2 Å². The molecule has 0 saturated carbocycles. The van der Waals surface area contributed by atoms with Gasteiger partial charge in [-0.1, -0.05) is 55.8 Å². The van der Waals surface area contributed by atoms with Crippen molar-refractivity contribution < 1.29 is 19.1 Å². The second-order valence-electron chi connectivity index (χ2n) is 10.4. The lowest BCUT2D eigenvalue weighted by Crippen LogP contribution is -2.40. The van der Waals surface area contributed by atoms with E-state index in [1.54, 1.807) is 41.5 Å². The van der Waals surface area contributed by atoms with Crippen molar-refractivity contribution in [3.8, 4) is 0 Å². The Hall–Kier alpha value is -3.35. The molecule has 0 fully saturated rings. The molecule has 0 unspecified atom stereocenters. The molecular weight excluding hydrogens is 432 g/mol. The summed E-state index contributed by atoms with van der Waals surface area (Å²) in [6.45, 7) is 12.3. The van der Waals surface area contributed by atoms with Gasteiger partial charge in [0.25, 0.3) is 5.56 Å². The molecule has 0 aliphatic rings. The number of ether oxygens (including phenoxy) is 2. The molecule has 0 amide bonds. The van der Waals surface area contributed by atoms with Gasteiger partial charge in [0.1, 0.15) is 11.2 Å². The fourth-order valence-electron chi connectivity index (χ4n) is 3.87. The molecule has 0 aliphatic heterocycles. The lowest BCUT2D eigenvalue weighted by Gasteiger charge is -2.23. The predicted octanol–water partition coefficient (Wildman–Crippen LogP) is 5.91. The largest absolute Gasteiger partial charge is 0.442 e. The number of nitrogens with zero attached hydrogens (tertiary/aromatic N) is 2. The lowest BCUT2D eigenvalue weighted by atomic mass is 9.98. The first kappa shape index (κ1) is 25.3. The topological polar surface area (TPSA) is 79.5 Å². The number of rotatable bonds is 4. The summed E-state index contributed by atoms with van der Waals surface area (Å²) in [7, 11) is 0. The molecule has 3 aromatic rings. The Kier molecular flexibility index (Phi) is 7.05. The van der Waals surface area contributed by atoms with Gasteiger partial charge in [0.15, 0.2) is 0 Å². The predicted molar refractivity (Wildman–Crippen MR) is 133 cm³/mol. The summed E-state index contributed by atoms with van der Waals surface area (Å²) in [4.78, 5) is 40.0. The molecule has 3 rings (SSSR count). The SMILES string of the molecule is CCCc1c(Cc2cccc3ccccc23)n(C(=O)OC(C)(C)C)n(C(=O)OC(C)(C)C)c1=O. The van der Waals surface area contributed by atoms with E-state index in [1.165, 1.54) is 0 Å². The summed E-state index contributed by atoms with van der Waals surface area (Å²) in [6, 6.07) is 13.8. The van der Waals surface area contributed by atoms with Crippen LogP contribution in [0.1, 0.15) is 71.7 Å². The van der Waals surface area contributed by atoms with Crippen molar-refractivity contribution >= 4 is 23.0 Å². The maximum atomic E-state index is 13.5. The molecule has 0 saturated heterocycles. The van der Waals surface area contributed by atoms with Gasteiger partial charge in [-0.2, -0.15) is 4.68 Å². The fraction of sp³-hybridized carbons (Fsp3) is 0.444. The van der Waals surface area contributed by atoms with E-state index in [2.05, 4.69) is 0 Å². The summed E-state index contributed by atoms with van der Waals surface area (Å²) in [5.41, 5.74) is -0.445. The first-order valence-electron chi connectivity index (χ1n) is 11.6. The van der Waals surface area contributed by atoms with E-state index in [1.807, 2.05) is 49.4 Å². The Bertz CT molecular complexity index is 1260. The van der Waals surface area contributed by atoms with Crippen LogP contribution in [0.15, 0.2) is 47.3 Å². The molecule has 34 heavy (non-hydrogen) atoms. The standard InChI is InChI=1S/C27H34N2O5/c1-8-12-21-22(17-19-15-11-14-18-13-9-10-16-20(18)19)28(24(31)33-26(2,3)4)29(23(21)30)25(32)34-27(5,6)7/h9-11,13-16H,8,12,17H2,1-7H3. The molecular formula is C27H34N2O5. The van der Waals surface area contributed by atoms with Crippen LogP contribution in [0.5, 0.6) is 0 Å². The summed E-state index contributed by atoms with van der Waals surface area (Å²) < 4.78 is 12.9. The van der Waals surface area contributed by atoms with E-state index in [4.69, 9.17) is 9.47 Å². The normalized spacial score (nSPS) is 12.1. The van der Waals surface area contributed by atoms with Gasteiger partial charge < -0.3 is 9.47 Å². The average Bonchev–Trinajstić information content (AvgIpc) is 2.98. The van der Waals surface area contributed by atoms with E-state index in [0.717, 1.165) is 25.7 Å². The number of hydrogen-bond donors (Lipinski definition) is 0. The Morgan fingerprint density at radius 3 is 1.97 bits per heavy atom. The van der Waals surface area contributed by atoms with E-state index < -0.39 is 28.9 Å². The molecule has 1 heterocycles. The second kappa shape index (κ2) is 9.49. The molecule has 0 atom stereocenters. The maximum absolute atomic E-state index is 13.5. The smallest absolute Gasteiger partial charge is 0.437 e. The van der Waals surface area contributed by atoms with Crippen LogP contribution in [0.3, 0.4) is 0 Å². The molecule has 0 N–H and O–H groups in total. The Morgan fingerprint density at radius 1 is 0.824 bits per heavy atom. The monoisotopic (exact) mass is 466 g/mol. The summed E-state index contributed by atoms with van der Waals surface area (Å²) in [6.07, 6.45) is -0.346. The zero-order chi connectivity index (χ0) is 25.3. The Balaban J connectivity index is 2.27. The van der Waals surface area contributed by atoms with Crippen molar-refractivity contribution in [1.82, 2.24) is 9.36 Å². The number of aromatic nitrogens is 2. The van der Waals surface area contributed by atoms with Crippen molar-refractivity contribution in [2.24, 2.45) is 0 Å². The van der Waals surface area contributed by atoms with Crippen molar-refractivity contribution in [3.63, 3.8) is 0 Å². The zero-order valence-electron chi connectivity index (χ0n) is 21.1. The van der Waals surface area contributed by atoms with Gasteiger partial charge in [0.2, 0.25) is 0 Å². The third-order valence-corrected chi connectivity index (χ3v) is 5.13. The van der Waals surface area contributed by atoms with Crippen molar-refractivity contribution in [1.29, 1.82) is 0 Å². The molecule has 0 spiro atoms. The van der Waals surface area contributed by atoms with Crippen LogP contribution in [0.2, 0.25) is 0 Å². The van der Waals surface area contributed by atoms with Gasteiger partial charge in [0, 0.05) is 12.0 Å². The van der Waals surface area contributed by atoms with Crippen molar-refractivity contribution in [2.45, 2.75) is 78.9 Å². The summed E-state index contributed by atoms with van der Waals surface area (Å²) in [5, 5.41) is 2.07. The lowest BCUT2D eigenvalue weighted by molar-refractivity contribution is 0.0358. The van der Waals surface area contributed by atoms with E-state index in [-0.39, 0.29) is 6.42 Å². The molecule has 0 radical (unpaired) electrons. The van der Waals surface area contributed by atoms with Crippen LogP contribution in [-0.2, 0) is 22.3 Å². The van der Waals surface area contributed by atoms with Crippen LogP contribution in [0.4, 0.5) is 9.59 Å². The number of carbonyl (C=O) groups is 2. The van der Waals surface area contributed by atoms with Crippen LogP contribution in [0, 0.1) is 0 Å². The molecule has 7 heteroatoms. The minimum Gasteiger partial charge on any atom is -0.442 e. The molecule has 2 aromatic carbocycles. The van der Waals surface area contributed by atoms with Crippen LogP contribution < -0.4 is 5.56 Å². The highest BCUT2D eigenvalue weighted by Gasteiger charge is 2.32. The quantitative estimate of drug-likeness (QED) is 0.477. The van der Waals surface area contributed by atoms with Gasteiger partial charge in [-0.05, 0) is 64.3 Å². The van der Waals surface area contributed by atoms with E-state index >= 15 is 0 Å². The van der Waals surface area contributed by atoms with Crippen LogP contribution >= 0.6 is 0 Å². The average molecular weight is 467 g/mol. The van der Waals surface area contributed by atoms with Gasteiger partial charge in [-0.25, -0.2) is 9.59 Å². The van der Waals surface area contributed by atoms with Gasteiger partial charge in [-0.3, -0.25) is 4.79 Å². The van der Waals surface area contributed by atoms with E-state index in [0.29, 0.717) is 24.1 Å². The third-order valence-electron chi connectivity index (χ3n) is 5.13. The number of carbonyl (C=O) groups excluding carboxylic acids is 2. The molecule has 0 aliphatic carbocycles. The maximum Gasteiger partial charge on any atom is 0.437 e. The first-order chi connectivity index (χ1) is 15.8. The molecule has 7 nitrogen and oxygen atoms in total. The highest BCUT2D eigenvalue weighted by molar-refractivity contribution is 5.86. The van der Waals surface area contributed by atoms with Crippen molar-refractivity contribution in [3.05, 3.63) is 69.6 Å². The highest BCUT2D eigenvalue weighted by Crippen LogP contribution is 2.24. The fourth-order valence-corrected chi connectivity index (χ4v) is 3.87. The number of fused-ring (bicyclic) bond motifs is 1.